The molecule has 0 fully saturated rings. The van der Waals surface area contributed by atoms with Gasteiger partial charge < -0.3 is 10.5 Å². The van der Waals surface area contributed by atoms with Gasteiger partial charge in [-0.2, -0.15) is 0 Å². The van der Waals surface area contributed by atoms with Gasteiger partial charge in [-0.3, -0.25) is 0 Å². The topological polar surface area (TPSA) is 66.0 Å². The van der Waals surface area contributed by atoms with Crippen molar-refractivity contribution in [3.63, 3.8) is 0 Å². The van der Waals surface area contributed by atoms with Crippen molar-refractivity contribution in [1.29, 1.82) is 0 Å². The third-order valence-electron chi connectivity index (χ3n) is 3.39. The van der Waals surface area contributed by atoms with Gasteiger partial charge in [0.15, 0.2) is 0 Å². The van der Waals surface area contributed by atoms with Crippen LogP contribution >= 0.6 is 0 Å². The SMILES string of the molecule is Cc1ccc(C)c(OCCn2cc(CCCCN)nn2)c1. The van der Waals surface area contributed by atoms with E-state index in [4.69, 9.17) is 10.5 Å². The molecule has 0 radical (unpaired) electrons. The van der Waals surface area contributed by atoms with Gasteiger partial charge in [-0.15, -0.1) is 5.10 Å². The van der Waals surface area contributed by atoms with E-state index >= 15 is 0 Å². The van der Waals surface area contributed by atoms with Crippen LogP contribution in [-0.4, -0.2) is 28.1 Å². The molecular weight excluding hydrogens is 264 g/mol. The molecule has 0 aliphatic rings. The summed E-state index contributed by atoms with van der Waals surface area (Å²) in [7, 11) is 0. The number of benzene rings is 1. The van der Waals surface area contributed by atoms with Crippen molar-refractivity contribution in [3.05, 3.63) is 41.2 Å². The van der Waals surface area contributed by atoms with Crippen molar-refractivity contribution >= 4 is 0 Å². The fourth-order valence-electron chi connectivity index (χ4n) is 2.12. The summed E-state index contributed by atoms with van der Waals surface area (Å²) in [6.07, 6.45) is 5.02. The average Bonchev–Trinajstić information content (AvgIpc) is 2.91. The van der Waals surface area contributed by atoms with E-state index in [9.17, 15) is 0 Å². The number of hydrogen-bond donors (Lipinski definition) is 1. The van der Waals surface area contributed by atoms with Gasteiger partial charge in [0.2, 0.25) is 0 Å². The van der Waals surface area contributed by atoms with Crippen LogP contribution in [0.5, 0.6) is 5.75 Å². The smallest absolute Gasteiger partial charge is 0.122 e. The van der Waals surface area contributed by atoms with Crippen molar-refractivity contribution in [1.82, 2.24) is 15.0 Å². The van der Waals surface area contributed by atoms with E-state index in [0.29, 0.717) is 13.2 Å². The third-order valence-corrected chi connectivity index (χ3v) is 3.39. The monoisotopic (exact) mass is 288 g/mol. The molecule has 0 unspecified atom stereocenters. The molecule has 0 aliphatic carbocycles. The maximum atomic E-state index is 5.82. The number of nitrogens with zero attached hydrogens (tertiary/aromatic N) is 3. The van der Waals surface area contributed by atoms with Crippen LogP contribution < -0.4 is 10.5 Å². The van der Waals surface area contributed by atoms with Gasteiger partial charge in [0.25, 0.3) is 0 Å². The number of ether oxygens (including phenoxy) is 1. The van der Waals surface area contributed by atoms with Gasteiger partial charge in [0.05, 0.1) is 12.2 Å². The van der Waals surface area contributed by atoms with Crippen LogP contribution in [0.2, 0.25) is 0 Å². The highest BCUT2D eigenvalue weighted by molar-refractivity contribution is 5.35. The minimum atomic E-state index is 0.593. The second-order valence-electron chi connectivity index (χ2n) is 5.34. The Morgan fingerprint density at radius 2 is 2.10 bits per heavy atom. The van der Waals surface area contributed by atoms with E-state index in [-0.39, 0.29) is 0 Å². The summed E-state index contributed by atoms with van der Waals surface area (Å²) < 4.78 is 7.66. The summed E-state index contributed by atoms with van der Waals surface area (Å²) in [5.74, 6) is 0.943. The standard InChI is InChI=1S/C16H24N4O/c1-13-6-7-14(2)16(11-13)21-10-9-20-12-15(18-19-20)5-3-4-8-17/h6-7,11-12H,3-5,8-10,17H2,1-2H3. The molecule has 0 aliphatic heterocycles. The van der Waals surface area contributed by atoms with Gasteiger partial charge in [-0.25, -0.2) is 4.68 Å². The predicted octanol–water partition coefficient (Wildman–Crippen LogP) is 2.26. The molecule has 5 heteroatoms. The zero-order valence-electron chi connectivity index (χ0n) is 12.9. The molecule has 2 N–H and O–H groups in total. The molecule has 0 bridgehead atoms. The summed E-state index contributed by atoms with van der Waals surface area (Å²) in [5, 5.41) is 8.28. The molecule has 1 aromatic carbocycles. The van der Waals surface area contributed by atoms with Gasteiger partial charge >= 0.3 is 0 Å². The summed E-state index contributed by atoms with van der Waals surface area (Å²) in [6.45, 7) is 6.15. The zero-order chi connectivity index (χ0) is 15.1. The molecule has 2 aromatic rings. The Morgan fingerprint density at radius 3 is 2.90 bits per heavy atom. The normalized spacial score (nSPS) is 10.8. The Morgan fingerprint density at radius 1 is 1.24 bits per heavy atom. The number of unbranched alkanes of at least 4 members (excludes halogenated alkanes) is 1. The van der Waals surface area contributed by atoms with E-state index in [0.717, 1.165) is 42.8 Å². The molecule has 0 saturated heterocycles. The van der Waals surface area contributed by atoms with Crippen LogP contribution in [0.3, 0.4) is 0 Å². The first kappa shape index (κ1) is 15.5. The quantitative estimate of drug-likeness (QED) is 0.757. The molecule has 0 atom stereocenters. The van der Waals surface area contributed by atoms with Gasteiger partial charge in [0.1, 0.15) is 12.4 Å². The lowest BCUT2D eigenvalue weighted by Crippen LogP contribution is -2.09. The van der Waals surface area contributed by atoms with E-state index in [1.54, 1.807) is 0 Å². The first-order valence-electron chi connectivity index (χ1n) is 7.48. The predicted molar refractivity (Wildman–Crippen MR) is 83.4 cm³/mol. The molecule has 21 heavy (non-hydrogen) atoms. The van der Waals surface area contributed by atoms with Crippen molar-refractivity contribution < 1.29 is 4.74 Å². The summed E-state index contributed by atoms with van der Waals surface area (Å²) in [6, 6.07) is 6.23. The van der Waals surface area contributed by atoms with Crippen molar-refractivity contribution in [2.24, 2.45) is 5.73 Å². The lowest BCUT2D eigenvalue weighted by molar-refractivity contribution is 0.288. The largest absolute Gasteiger partial charge is 0.491 e. The lowest BCUT2D eigenvalue weighted by atomic mass is 10.1. The van der Waals surface area contributed by atoms with Crippen LogP contribution in [-0.2, 0) is 13.0 Å². The second-order valence-corrected chi connectivity index (χ2v) is 5.34. The Bertz CT molecular complexity index is 565. The third kappa shape index (κ3) is 4.86. The molecule has 1 heterocycles. The Kier molecular flexibility index (Phi) is 5.75. The highest BCUT2D eigenvalue weighted by atomic mass is 16.5. The number of aryl methyl sites for hydroxylation is 3. The highest BCUT2D eigenvalue weighted by Crippen LogP contribution is 2.18. The molecule has 114 valence electrons. The molecule has 5 nitrogen and oxygen atoms in total. The van der Waals surface area contributed by atoms with E-state index < -0.39 is 0 Å². The van der Waals surface area contributed by atoms with E-state index in [1.165, 1.54) is 5.56 Å². The van der Waals surface area contributed by atoms with Gasteiger partial charge in [-0.1, -0.05) is 17.3 Å². The fourth-order valence-corrected chi connectivity index (χ4v) is 2.12. The van der Waals surface area contributed by atoms with Crippen molar-refractivity contribution in [2.45, 2.75) is 39.7 Å². The Labute approximate surface area is 126 Å². The molecule has 2 rings (SSSR count). The van der Waals surface area contributed by atoms with Crippen LogP contribution in [0.25, 0.3) is 0 Å². The molecule has 0 spiro atoms. The van der Waals surface area contributed by atoms with Crippen molar-refractivity contribution in [2.75, 3.05) is 13.2 Å². The van der Waals surface area contributed by atoms with Crippen molar-refractivity contribution in [3.8, 4) is 5.75 Å². The maximum Gasteiger partial charge on any atom is 0.122 e. The summed E-state index contributed by atoms with van der Waals surface area (Å²) >= 11 is 0. The molecular formula is C16H24N4O. The number of nitrogens with two attached hydrogens (primary N) is 1. The van der Waals surface area contributed by atoms with Gasteiger partial charge in [0, 0.05) is 6.20 Å². The number of aromatic nitrogens is 3. The molecule has 0 amide bonds. The molecule has 0 saturated carbocycles. The van der Waals surface area contributed by atoms with E-state index in [2.05, 4.69) is 42.4 Å². The summed E-state index contributed by atoms with van der Waals surface area (Å²) in [5.41, 5.74) is 8.87. The number of hydrogen-bond acceptors (Lipinski definition) is 4. The van der Waals surface area contributed by atoms with Gasteiger partial charge in [-0.05, 0) is 56.8 Å². The minimum Gasteiger partial charge on any atom is -0.491 e. The lowest BCUT2D eigenvalue weighted by Gasteiger charge is -2.09. The van der Waals surface area contributed by atoms with E-state index in [1.807, 2.05) is 10.9 Å². The molecule has 1 aromatic heterocycles. The maximum absolute atomic E-state index is 5.82. The first-order valence-corrected chi connectivity index (χ1v) is 7.48. The second kappa shape index (κ2) is 7.78. The number of rotatable bonds is 8. The zero-order valence-corrected chi connectivity index (χ0v) is 12.9. The first-order chi connectivity index (χ1) is 10.2. The Balaban J connectivity index is 1.79. The van der Waals surface area contributed by atoms with Crippen LogP contribution in [0.1, 0.15) is 29.7 Å². The van der Waals surface area contributed by atoms with Crippen LogP contribution in [0.4, 0.5) is 0 Å². The average molecular weight is 288 g/mol. The summed E-state index contributed by atoms with van der Waals surface area (Å²) in [4.78, 5) is 0. The fraction of sp³-hybridized carbons (Fsp3) is 0.500. The minimum absolute atomic E-state index is 0.593. The highest BCUT2D eigenvalue weighted by Gasteiger charge is 2.03. The van der Waals surface area contributed by atoms with Crippen LogP contribution in [0, 0.1) is 13.8 Å². The Hall–Kier alpha value is -1.88. The van der Waals surface area contributed by atoms with Crippen LogP contribution in [0.15, 0.2) is 24.4 Å².